The van der Waals surface area contributed by atoms with Crippen LogP contribution in [0.4, 0.5) is 10.1 Å². The molecule has 0 radical (unpaired) electrons. The molecular weight excluding hydrogens is 327 g/mol. The van der Waals surface area contributed by atoms with E-state index in [2.05, 4.69) is 0 Å². The second kappa shape index (κ2) is 7.49. The SMILES string of the molecule is COCCC(=O)N1CCCC2(C1)CN(c1cccc(F)c1)C(=O)CO2. The largest absolute Gasteiger partial charge is 0.384 e. The monoisotopic (exact) mass is 350 g/mol. The maximum Gasteiger partial charge on any atom is 0.253 e. The first-order valence-corrected chi connectivity index (χ1v) is 8.50. The number of piperidine rings is 1. The predicted octanol–water partition coefficient (Wildman–Crippen LogP) is 1.59. The van der Waals surface area contributed by atoms with E-state index in [4.69, 9.17) is 9.47 Å². The highest BCUT2D eigenvalue weighted by Gasteiger charge is 2.44. The second-order valence-corrected chi connectivity index (χ2v) is 6.59. The molecule has 0 aromatic heterocycles. The van der Waals surface area contributed by atoms with Crippen LogP contribution < -0.4 is 4.90 Å². The number of carbonyl (C=O) groups is 2. The van der Waals surface area contributed by atoms with E-state index in [1.807, 2.05) is 0 Å². The summed E-state index contributed by atoms with van der Waals surface area (Å²) in [5.74, 6) is -0.552. The second-order valence-electron chi connectivity index (χ2n) is 6.59. The summed E-state index contributed by atoms with van der Waals surface area (Å²) in [7, 11) is 1.57. The number of likely N-dealkylation sites (tertiary alicyclic amines) is 1. The zero-order chi connectivity index (χ0) is 17.9. The number of nitrogens with zero attached hydrogens (tertiary/aromatic N) is 2. The Morgan fingerprint density at radius 2 is 2.24 bits per heavy atom. The van der Waals surface area contributed by atoms with Gasteiger partial charge in [0, 0.05) is 19.3 Å². The van der Waals surface area contributed by atoms with Gasteiger partial charge < -0.3 is 19.3 Å². The molecule has 2 saturated heterocycles. The van der Waals surface area contributed by atoms with Crippen molar-refractivity contribution in [3.63, 3.8) is 0 Å². The van der Waals surface area contributed by atoms with Crippen molar-refractivity contribution in [2.45, 2.75) is 24.9 Å². The minimum Gasteiger partial charge on any atom is -0.384 e. The molecule has 136 valence electrons. The molecule has 25 heavy (non-hydrogen) atoms. The molecule has 1 atom stereocenters. The van der Waals surface area contributed by atoms with Crippen molar-refractivity contribution in [1.29, 1.82) is 0 Å². The molecule has 2 aliphatic heterocycles. The summed E-state index contributed by atoms with van der Waals surface area (Å²) in [6, 6.07) is 5.99. The Hall–Kier alpha value is -1.99. The fourth-order valence-corrected chi connectivity index (χ4v) is 3.50. The first-order chi connectivity index (χ1) is 12.0. The highest BCUT2D eigenvalue weighted by molar-refractivity contribution is 5.95. The Kier molecular flexibility index (Phi) is 5.34. The molecule has 0 bridgehead atoms. The van der Waals surface area contributed by atoms with Crippen LogP contribution in [-0.4, -0.2) is 62.3 Å². The van der Waals surface area contributed by atoms with Gasteiger partial charge in [0.05, 0.1) is 26.1 Å². The van der Waals surface area contributed by atoms with Crippen LogP contribution in [-0.2, 0) is 19.1 Å². The lowest BCUT2D eigenvalue weighted by Crippen LogP contribution is -2.62. The molecule has 6 nitrogen and oxygen atoms in total. The maximum absolute atomic E-state index is 13.5. The van der Waals surface area contributed by atoms with Crippen molar-refractivity contribution in [2.24, 2.45) is 0 Å². The number of halogens is 1. The van der Waals surface area contributed by atoms with Crippen molar-refractivity contribution in [1.82, 2.24) is 4.90 Å². The van der Waals surface area contributed by atoms with Crippen molar-refractivity contribution in [3.8, 4) is 0 Å². The number of morpholine rings is 1. The minimum atomic E-state index is -0.596. The van der Waals surface area contributed by atoms with Gasteiger partial charge in [-0.05, 0) is 31.0 Å². The third kappa shape index (κ3) is 3.99. The van der Waals surface area contributed by atoms with Crippen LogP contribution in [0.1, 0.15) is 19.3 Å². The standard InChI is InChI=1S/C18H23FN2O4/c1-24-9-6-16(22)20-8-3-7-18(12-20)13-21(17(23)11-25-18)15-5-2-4-14(19)10-15/h2,4-5,10H,3,6-9,11-13H2,1H3. The van der Waals surface area contributed by atoms with Crippen LogP contribution in [0.3, 0.4) is 0 Å². The molecule has 2 fully saturated rings. The molecule has 1 spiro atoms. The van der Waals surface area contributed by atoms with E-state index in [9.17, 15) is 14.0 Å². The molecule has 7 heteroatoms. The molecular formula is C18H23FN2O4. The lowest BCUT2D eigenvalue weighted by Gasteiger charge is -2.47. The van der Waals surface area contributed by atoms with Gasteiger partial charge in [0.2, 0.25) is 5.91 Å². The van der Waals surface area contributed by atoms with Gasteiger partial charge in [0.25, 0.3) is 5.91 Å². The summed E-state index contributed by atoms with van der Waals surface area (Å²) < 4.78 is 24.4. The Morgan fingerprint density at radius 3 is 3.00 bits per heavy atom. The average Bonchev–Trinajstić information content (AvgIpc) is 2.62. The molecule has 1 unspecified atom stereocenters. The normalized spacial score (nSPS) is 24.0. The number of hydrogen-bond acceptors (Lipinski definition) is 4. The van der Waals surface area contributed by atoms with E-state index < -0.39 is 5.60 Å². The third-order valence-corrected chi connectivity index (χ3v) is 4.78. The van der Waals surface area contributed by atoms with Crippen LogP contribution >= 0.6 is 0 Å². The van der Waals surface area contributed by atoms with Gasteiger partial charge in [-0.1, -0.05) is 6.07 Å². The predicted molar refractivity (Wildman–Crippen MR) is 89.7 cm³/mol. The van der Waals surface area contributed by atoms with Gasteiger partial charge in [0.1, 0.15) is 18.0 Å². The third-order valence-electron chi connectivity index (χ3n) is 4.78. The molecule has 0 aliphatic carbocycles. The number of rotatable bonds is 4. The summed E-state index contributed by atoms with van der Waals surface area (Å²) in [5, 5.41) is 0. The Bertz CT molecular complexity index is 654. The molecule has 3 rings (SSSR count). The summed E-state index contributed by atoms with van der Waals surface area (Å²) in [5.41, 5.74) is -0.0724. The van der Waals surface area contributed by atoms with Crippen LogP contribution in [0.5, 0.6) is 0 Å². The number of ether oxygens (including phenoxy) is 2. The summed E-state index contributed by atoms with van der Waals surface area (Å²) in [6.07, 6.45) is 1.91. The van der Waals surface area contributed by atoms with E-state index in [0.29, 0.717) is 38.3 Å². The van der Waals surface area contributed by atoms with Crippen LogP contribution in [0.2, 0.25) is 0 Å². The molecule has 1 aromatic carbocycles. The first kappa shape index (κ1) is 17.8. The smallest absolute Gasteiger partial charge is 0.253 e. The van der Waals surface area contributed by atoms with E-state index >= 15 is 0 Å². The lowest BCUT2D eigenvalue weighted by molar-refractivity contribution is -0.153. The van der Waals surface area contributed by atoms with E-state index in [0.717, 1.165) is 12.8 Å². The van der Waals surface area contributed by atoms with Crippen LogP contribution in [0, 0.1) is 5.82 Å². The zero-order valence-electron chi connectivity index (χ0n) is 14.4. The Balaban J connectivity index is 1.75. The quantitative estimate of drug-likeness (QED) is 0.827. The van der Waals surface area contributed by atoms with Crippen LogP contribution in [0.15, 0.2) is 24.3 Å². The highest BCUT2D eigenvalue weighted by Crippen LogP contribution is 2.32. The Morgan fingerprint density at radius 1 is 1.40 bits per heavy atom. The van der Waals surface area contributed by atoms with Crippen molar-refractivity contribution in [3.05, 3.63) is 30.1 Å². The molecule has 0 N–H and O–H groups in total. The molecule has 2 amide bonds. The van der Waals surface area contributed by atoms with Gasteiger partial charge >= 0.3 is 0 Å². The zero-order valence-corrected chi connectivity index (χ0v) is 14.4. The van der Waals surface area contributed by atoms with Gasteiger partial charge in [0.15, 0.2) is 0 Å². The van der Waals surface area contributed by atoms with Gasteiger partial charge in [-0.25, -0.2) is 4.39 Å². The minimum absolute atomic E-state index is 0.0266. The maximum atomic E-state index is 13.5. The summed E-state index contributed by atoms with van der Waals surface area (Å²) >= 11 is 0. The number of carbonyl (C=O) groups excluding carboxylic acids is 2. The molecule has 0 saturated carbocycles. The van der Waals surface area contributed by atoms with Crippen molar-refractivity contribution < 1.29 is 23.5 Å². The molecule has 2 heterocycles. The lowest BCUT2D eigenvalue weighted by atomic mass is 9.90. The van der Waals surface area contributed by atoms with E-state index in [-0.39, 0.29) is 24.2 Å². The topological polar surface area (TPSA) is 59.1 Å². The van der Waals surface area contributed by atoms with Crippen molar-refractivity contribution in [2.75, 3.05) is 44.9 Å². The molecule has 2 aliphatic rings. The molecule has 1 aromatic rings. The fraction of sp³-hybridized carbons (Fsp3) is 0.556. The first-order valence-electron chi connectivity index (χ1n) is 8.50. The number of amides is 2. The van der Waals surface area contributed by atoms with Crippen LogP contribution in [0.25, 0.3) is 0 Å². The fourth-order valence-electron chi connectivity index (χ4n) is 3.50. The van der Waals surface area contributed by atoms with E-state index in [1.165, 1.54) is 12.1 Å². The number of hydrogen-bond donors (Lipinski definition) is 0. The van der Waals surface area contributed by atoms with E-state index in [1.54, 1.807) is 29.0 Å². The highest BCUT2D eigenvalue weighted by atomic mass is 19.1. The van der Waals surface area contributed by atoms with Crippen molar-refractivity contribution >= 4 is 17.5 Å². The number of methoxy groups -OCH3 is 1. The Labute approximate surface area is 146 Å². The van der Waals surface area contributed by atoms with Gasteiger partial charge in [-0.3, -0.25) is 9.59 Å². The average molecular weight is 350 g/mol. The van der Waals surface area contributed by atoms with Gasteiger partial charge in [-0.2, -0.15) is 0 Å². The number of benzene rings is 1. The summed E-state index contributed by atoms with van der Waals surface area (Å²) in [4.78, 5) is 27.9. The summed E-state index contributed by atoms with van der Waals surface area (Å²) in [6.45, 7) is 1.77. The van der Waals surface area contributed by atoms with Gasteiger partial charge in [-0.15, -0.1) is 0 Å². The number of anilines is 1.